The fraction of sp³-hybridized carbons (Fsp3) is 0.588. The van der Waals surface area contributed by atoms with Crippen LogP contribution in [-0.2, 0) is 33.9 Å². The molecule has 0 atom stereocenters. The average Bonchev–Trinajstić information content (AvgIpc) is 4.31. The van der Waals surface area contributed by atoms with Crippen molar-refractivity contribution in [3.05, 3.63) is 48.3 Å². The highest BCUT2D eigenvalue weighted by atomic mass is 35.5. The van der Waals surface area contributed by atoms with Gasteiger partial charge in [0.05, 0.1) is 48.3 Å². The van der Waals surface area contributed by atoms with Crippen molar-refractivity contribution in [2.75, 3.05) is 40.4 Å². The van der Waals surface area contributed by atoms with Crippen LogP contribution in [0.5, 0.6) is 46.5 Å². The number of aryl methyl sites for hydroxylation is 2. The topological polar surface area (TPSA) is 286 Å². The van der Waals surface area contributed by atoms with E-state index in [1.165, 1.54) is 39.0 Å². The van der Waals surface area contributed by atoms with Gasteiger partial charge >= 0.3 is 17.6 Å². The second-order valence-electron chi connectivity index (χ2n) is 20.1. The number of amides is 2. The smallest absolute Gasteiger partial charge is 0.410 e. The quantitative estimate of drug-likeness (QED) is 0.0748. The van der Waals surface area contributed by atoms with Crippen molar-refractivity contribution in [1.82, 2.24) is 39.7 Å². The molecule has 78 heavy (non-hydrogen) atoms. The first kappa shape index (κ1) is 60.7. The number of rotatable bonds is 16. The molecule has 2 saturated carbocycles. The van der Waals surface area contributed by atoms with Crippen LogP contribution in [0.2, 0.25) is 0 Å². The number of carbonyl (C=O) groups excluding carboxylic acids is 3. The van der Waals surface area contributed by atoms with E-state index in [1.54, 1.807) is 49.6 Å². The number of pyridine rings is 2. The Kier molecular flexibility index (Phi) is 20.5. The van der Waals surface area contributed by atoms with Crippen LogP contribution in [0.4, 0.5) is 14.4 Å². The first-order chi connectivity index (χ1) is 36.8. The summed E-state index contributed by atoms with van der Waals surface area (Å²) in [7, 11) is -3.88. The van der Waals surface area contributed by atoms with Gasteiger partial charge in [-0.2, -0.15) is 19.9 Å². The molecular weight excluding hydrogens is 1080 g/mol. The highest BCUT2D eigenvalue weighted by Gasteiger charge is 2.39. The molecule has 8 rings (SSSR count). The molecule has 0 aromatic carbocycles. The largest absolute Gasteiger partial charge is 0.487 e. The number of aromatic nitrogens is 6. The Balaban J connectivity index is 0.000000225. The number of carbonyl (C=O) groups is 3. The van der Waals surface area contributed by atoms with Gasteiger partial charge in [-0.05, 0) is 112 Å². The highest BCUT2D eigenvalue weighted by molar-refractivity contribution is 7.92. The van der Waals surface area contributed by atoms with E-state index in [0.29, 0.717) is 100 Å². The zero-order chi connectivity index (χ0) is 57.1. The molecule has 2 amide bonds. The van der Waals surface area contributed by atoms with E-state index in [1.807, 2.05) is 34.6 Å². The number of piperidine rings is 2. The normalized spacial score (nSPS) is 16.2. The number of hydrogen-bond donors (Lipinski definition) is 0. The second-order valence-corrected chi connectivity index (χ2v) is 24.8. The molecule has 2 aliphatic carbocycles. The zero-order valence-corrected chi connectivity index (χ0v) is 48.1. The Hall–Kier alpha value is -6.54. The Bertz CT molecular complexity index is 2960. The molecule has 4 aromatic heterocycles. The highest BCUT2D eigenvalue weighted by Crippen LogP contribution is 2.41. The molecule has 428 valence electrons. The number of halogens is 1. The third-order valence-electron chi connectivity index (χ3n) is 11.8. The average molecular weight is 1150 g/mol. The third-order valence-corrected chi connectivity index (χ3v) is 16.3. The summed E-state index contributed by atoms with van der Waals surface area (Å²) in [6.45, 7) is 18.0. The molecule has 0 spiro atoms. The van der Waals surface area contributed by atoms with Gasteiger partial charge in [-0.15, -0.1) is 0 Å². The van der Waals surface area contributed by atoms with Gasteiger partial charge in [-0.1, -0.05) is 0 Å². The molecule has 2 aliphatic heterocycles. The second kappa shape index (κ2) is 26.4. The summed E-state index contributed by atoms with van der Waals surface area (Å²) in [5.41, 5.74) is -0.464. The van der Waals surface area contributed by atoms with Crippen molar-refractivity contribution in [2.45, 2.75) is 164 Å². The third kappa shape index (κ3) is 17.0. The minimum absolute atomic E-state index is 0.0475. The standard InChI is InChI=1S/C24H32N4O7S.C23H30N4O7S.C4H7ClO2/c1-15-18(8-9-19(27-15)36(30,31)17-6-7-17)34-22-20(32-5)21(25-14-26-22)33-16-10-12-28(13-11-16)23(29)35-24(2,3)4;1-14(2)32-23(28)27-11-9-16(10-12-27)33-21-20(31-4)22(25-13-24-21)34-18-7-8-19(26-15(18)3)35(29,30)17-5-6-17;1-3(2)7-4(5)6/h8-9,14,16-17H,6-7,10-13H2,1-5H3;7-8,13-14,16-17H,5-6,9-12H2,1-4H3;3H,1-2H3. The minimum Gasteiger partial charge on any atom is -0.487 e. The first-order valence-corrected chi connectivity index (χ1v) is 29.0. The van der Waals surface area contributed by atoms with Gasteiger partial charge in [-0.3, -0.25) is 0 Å². The van der Waals surface area contributed by atoms with Crippen molar-refractivity contribution in [3.63, 3.8) is 0 Å². The van der Waals surface area contributed by atoms with Crippen LogP contribution < -0.4 is 28.4 Å². The summed E-state index contributed by atoms with van der Waals surface area (Å²) in [5, 5.41) is -0.581. The van der Waals surface area contributed by atoms with E-state index in [0.717, 1.165) is 0 Å². The Morgan fingerprint density at radius 1 is 0.577 bits per heavy atom. The minimum atomic E-state index is -3.40. The fourth-order valence-electron chi connectivity index (χ4n) is 7.65. The summed E-state index contributed by atoms with van der Waals surface area (Å²) in [6, 6.07) is 6.01. The number of methoxy groups -OCH3 is 2. The van der Waals surface area contributed by atoms with Gasteiger partial charge in [0.1, 0.15) is 30.5 Å². The monoisotopic (exact) mass is 1150 g/mol. The van der Waals surface area contributed by atoms with E-state index in [2.05, 4.69) is 34.6 Å². The van der Waals surface area contributed by atoms with Crippen molar-refractivity contribution in [1.29, 1.82) is 0 Å². The molecule has 0 radical (unpaired) electrons. The molecule has 6 heterocycles. The lowest BCUT2D eigenvalue weighted by atomic mass is 10.1. The van der Waals surface area contributed by atoms with Crippen LogP contribution in [0.3, 0.4) is 0 Å². The van der Waals surface area contributed by atoms with Crippen LogP contribution in [0.25, 0.3) is 0 Å². The molecule has 4 aromatic rings. The van der Waals surface area contributed by atoms with E-state index in [4.69, 9.17) is 49.5 Å². The van der Waals surface area contributed by atoms with Crippen LogP contribution in [-0.4, -0.2) is 155 Å². The molecule has 0 N–H and O–H groups in total. The Labute approximate surface area is 460 Å². The lowest BCUT2D eigenvalue weighted by Crippen LogP contribution is -2.44. The summed E-state index contributed by atoms with van der Waals surface area (Å²) in [5.74, 6) is 1.80. The lowest BCUT2D eigenvalue weighted by molar-refractivity contribution is 0.0119. The maximum absolute atomic E-state index is 12.5. The van der Waals surface area contributed by atoms with Gasteiger partial charge < -0.3 is 52.4 Å². The predicted molar refractivity (Wildman–Crippen MR) is 281 cm³/mol. The van der Waals surface area contributed by atoms with Gasteiger partial charge in [0.15, 0.2) is 41.2 Å². The summed E-state index contributed by atoms with van der Waals surface area (Å²) < 4.78 is 99.9. The maximum atomic E-state index is 12.5. The van der Waals surface area contributed by atoms with Gasteiger partial charge in [-0.25, -0.2) is 41.2 Å². The lowest BCUT2D eigenvalue weighted by Gasteiger charge is -2.33. The fourth-order valence-corrected chi connectivity index (χ4v) is 11.1. The molecule has 0 unspecified atom stereocenters. The number of hydrogen-bond acceptors (Lipinski definition) is 22. The number of nitrogens with zero attached hydrogens (tertiary/aromatic N) is 8. The maximum Gasteiger partial charge on any atom is 0.410 e. The molecular formula is C51H69ClN8O16S2. The van der Waals surface area contributed by atoms with Crippen LogP contribution in [0.15, 0.2) is 47.0 Å². The van der Waals surface area contributed by atoms with Crippen LogP contribution >= 0.6 is 11.6 Å². The molecule has 4 fully saturated rings. The predicted octanol–water partition coefficient (Wildman–Crippen LogP) is 8.77. The van der Waals surface area contributed by atoms with Gasteiger partial charge in [0, 0.05) is 63.5 Å². The van der Waals surface area contributed by atoms with E-state index in [-0.39, 0.29) is 92.2 Å². The Morgan fingerprint density at radius 3 is 1.26 bits per heavy atom. The number of ether oxygens (including phenoxy) is 9. The van der Waals surface area contributed by atoms with Crippen molar-refractivity contribution in [3.8, 4) is 46.5 Å². The SMILES string of the molecule is CC(C)OC(=O)Cl.COc1c(Oc2ccc(S(=O)(=O)C3CC3)nc2C)ncnc1OC1CCN(C(=O)OC(C)(C)C)CC1.COc1c(Oc2ccc(S(=O)(=O)C3CC3)nc2C)ncnc1OC1CCN(C(=O)OC(C)C)CC1. The molecule has 2 saturated heterocycles. The van der Waals surface area contributed by atoms with Crippen molar-refractivity contribution in [2.24, 2.45) is 0 Å². The summed E-state index contributed by atoms with van der Waals surface area (Å²) >= 11 is 4.81. The zero-order valence-electron chi connectivity index (χ0n) is 45.7. The van der Waals surface area contributed by atoms with Crippen LogP contribution in [0.1, 0.15) is 111 Å². The summed E-state index contributed by atoms with van der Waals surface area (Å²) in [4.78, 5) is 62.7. The number of sulfone groups is 2. The van der Waals surface area contributed by atoms with Gasteiger partial charge in [0.2, 0.25) is 11.5 Å². The van der Waals surface area contributed by atoms with E-state index < -0.39 is 30.7 Å². The molecule has 4 aliphatic rings. The number of likely N-dealkylation sites (tertiary alicyclic amines) is 2. The first-order valence-electron chi connectivity index (χ1n) is 25.5. The van der Waals surface area contributed by atoms with Gasteiger partial charge in [0.25, 0.3) is 23.5 Å². The van der Waals surface area contributed by atoms with E-state index in [9.17, 15) is 31.2 Å². The van der Waals surface area contributed by atoms with Crippen LogP contribution in [0, 0.1) is 13.8 Å². The molecule has 27 heteroatoms. The Morgan fingerprint density at radius 2 is 0.949 bits per heavy atom. The van der Waals surface area contributed by atoms with Crippen molar-refractivity contribution < 1.29 is 73.9 Å². The summed E-state index contributed by atoms with van der Waals surface area (Å²) in [6.07, 6.45) is 6.40. The molecule has 0 bridgehead atoms. The molecule has 24 nitrogen and oxygen atoms in total. The van der Waals surface area contributed by atoms with E-state index >= 15 is 0 Å². The van der Waals surface area contributed by atoms with Crippen molar-refractivity contribution >= 4 is 48.9 Å².